The second kappa shape index (κ2) is 8.15. The van der Waals surface area contributed by atoms with Gasteiger partial charge in [0, 0.05) is 46.0 Å². The highest BCUT2D eigenvalue weighted by molar-refractivity contribution is 6.31. The first-order valence-electron chi connectivity index (χ1n) is 8.72. The van der Waals surface area contributed by atoms with Crippen molar-refractivity contribution in [2.75, 3.05) is 6.54 Å². The van der Waals surface area contributed by atoms with Crippen molar-refractivity contribution in [3.63, 3.8) is 0 Å². The lowest BCUT2D eigenvalue weighted by molar-refractivity contribution is -0.121. The number of hydrogen-bond acceptors (Lipinski definition) is 1. The molecule has 0 fully saturated rings. The zero-order chi connectivity index (χ0) is 18.7. The van der Waals surface area contributed by atoms with E-state index in [9.17, 15) is 4.79 Å². The number of aromatic amines is 1. The van der Waals surface area contributed by atoms with Crippen LogP contribution in [0.3, 0.4) is 0 Å². The Balaban J connectivity index is 1.99. The molecule has 1 atom stereocenters. The highest BCUT2D eigenvalue weighted by Gasteiger charge is 2.22. The van der Waals surface area contributed by atoms with E-state index in [0.717, 1.165) is 22.0 Å². The summed E-state index contributed by atoms with van der Waals surface area (Å²) >= 11 is 12.4. The molecule has 1 heterocycles. The molecule has 2 aromatic carbocycles. The van der Waals surface area contributed by atoms with E-state index >= 15 is 0 Å². The molecular formula is C21H22Cl2N2O. The van der Waals surface area contributed by atoms with Crippen molar-refractivity contribution in [3.05, 3.63) is 69.8 Å². The molecule has 1 amide bonds. The molecule has 0 radical (unpaired) electrons. The molecule has 0 aliphatic heterocycles. The van der Waals surface area contributed by atoms with Crippen molar-refractivity contribution in [1.29, 1.82) is 0 Å². The fraction of sp³-hybridized carbons (Fsp3) is 0.286. The Labute approximate surface area is 163 Å². The number of nitrogens with one attached hydrogen (secondary N) is 2. The minimum atomic E-state index is -0.104. The summed E-state index contributed by atoms with van der Waals surface area (Å²) < 4.78 is 0. The number of amides is 1. The van der Waals surface area contributed by atoms with Crippen LogP contribution in [0.15, 0.2) is 48.7 Å². The highest BCUT2D eigenvalue weighted by atomic mass is 35.5. The Morgan fingerprint density at radius 3 is 2.62 bits per heavy atom. The molecule has 136 valence electrons. The van der Waals surface area contributed by atoms with Gasteiger partial charge in [-0.25, -0.2) is 0 Å². The smallest absolute Gasteiger partial charge is 0.220 e. The van der Waals surface area contributed by atoms with Crippen LogP contribution in [-0.4, -0.2) is 17.4 Å². The maximum Gasteiger partial charge on any atom is 0.220 e. The molecule has 3 rings (SSSR count). The average Bonchev–Trinajstić information content (AvgIpc) is 3.00. The number of aromatic nitrogens is 1. The molecule has 0 unspecified atom stereocenters. The molecular weight excluding hydrogens is 367 g/mol. The number of hydrogen-bond donors (Lipinski definition) is 2. The van der Waals surface area contributed by atoms with E-state index in [1.165, 1.54) is 0 Å². The molecule has 0 aliphatic carbocycles. The van der Waals surface area contributed by atoms with Gasteiger partial charge in [0.2, 0.25) is 5.91 Å². The molecule has 3 aromatic rings. The largest absolute Gasteiger partial charge is 0.361 e. The van der Waals surface area contributed by atoms with Crippen LogP contribution in [0.1, 0.15) is 37.3 Å². The number of rotatable bonds is 6. The predicted molar refractivity (Wildman–Crippen MR) is 109 cm³/mol. The SMILES string of the molecule is CC(C)CNC(=O)C[C@H](c1cccc(Cl)c1)c1c[nH]c2ccc(Cl)cc12. The van der Waals surface area contributed by atoms with Crippen molar-refractivity contribution in [2.24, 2.45) is 5.92 Å². The van der Waals surface area contributed by atoms with Gasteiger partial charge in [-0.3, -0.25) is 4.79 Å². The molecule has 3 nitrogen and oxygen atoms in total. The maximum absolute atomic E-state index is 12.5. The monoisotopic (exact) mass is 388 g/mol. The number of carbonyl (C=O) groups excluding carboxylic acids is 1. The Kier molecular flexibility index (Phi) is 5.90. The van der Waals surface area contributed by atoms with Crippen LogP contribution in [0.25, 0.3) is 10.9 Å². The standard InChI is InChI=1S/C21H22Cl2N2O/c1-13(2)11-25-21(26)10-17(14-4-3-5-15(22)8-14)19-12-24-20-7-6-16(23)9-18(19)20/h3-9,12-13,17,24H,10-11H2,1-2H3,(H,25,26)/t17-/m1/s1. The van der Waals surface area contributed by atoms with Gasteiger partial charge in [-0.1, -0.05) is 49.2 Å². The fourth-order valence-electron chi connectivity index (χ4n) is 3.11. The summed E-state index contributed by atoms with van der Waals surface area (Å²) in [7, 11) is 0. The van der Waals surface area contributed by atoms with Gasteiger partial charge in [0.15, 0.2) is 0 Å². The van der Waals surface area contributed by atoms with Crippen LogP contribution in [0.4, 0.5) is 0 Å². The molecule has 2 N–H and O–H groups in total. The third kappa shape index (κ3) is 4.40. The van der Waals surface area contributed by atoms with Crippen molar-refractivity contribution in [2.45, 2.75) is 26.2 Å². The summed E-state index contributed by atoms with van der Waals surface area (Å²) in [5.41, 5.74) is 3.06. The van der Waals surface area contributed by atoms with E-state index in [1.54, 1.807) is 0 Å². The molecule has 0 bridgehead atoms. The minimum Gasteiger partial charge on any atom is -0.361 e. The topological polar surface area (TPSA) is 44.9 Å². The number of benzene rings is 2. The van der Waals surface area contributed by atoms with Gasteiger partial charge in [-0.15, -0.1) is 0 Å². The van der Waals surface area contributed by atoms with E-state index in [2.05, 4.69) is 24.1 Å². The fourth-order valence-corrected chi connectivity index (χ4v) is 3.48. The zero-order valence-corrected chi connectivity index (χ0v) is 16.4. The van der Waals surface area contributed by atoms with Gasteiger partial charge in [0.05, 0.1) is 0 Å². The van der Waals surface area contributed by atoms with Gasteiger partial charge < -0.3 is 10.3 Å². The number of halogens is 2. The van der Waals surface area contributed by atoms with Crippen LogP contribution in [0.5, 0.6) is 0 Å². The number of carbonyl (C=O) groups is 1. The first kappa shape index (κ1) is 18.8. The van der Waals surface area contributed by atoms with Gasteiger partial charge in [-0.2, -0.15) is 0 Å². The normalized spacial score (nSPS) is 12.5. The first-order valence-corrected chi connectivity index (χ1v) is 9.48. The van der Waals surface area contributed by atoms with E-state index in [-0.39, 0.29) is 11.8 Å². The lowest BCUT2D eigenvalue weighted by Gasteiger charge is -2.18. The molecule has 0 saturated heterocycles. The summed E-state index contributed by atoms with van der Waals surface area (Å²) in [6, 6.07) is 13.4. The van der Waals surface area contributed by atoms with Crippen LogP contribution in [-0.2, 0) is 4.79 Å². The molecule has 5 heteroatoms. The maximum atomic E-state index is 12.5. The van der Waals surface area contributed by atoms with Crippen LogP contribution in [0, 0.1) is 5.92 Å². The summed E-state index contributed by atoms with van der Waals surface area (Å²) in [6.45, 7) is 4.83. The Bertz CT molecular complexity index is 917. The number of H-pyrrole nitrogens is 1. The third-order valence-electron chi connectivity index (χ3n) is 4.40. The lowest BCUT2D eigenvalue weighted by Crippen LogP contribution is -2.28. The Hall–Kier alpha value is -1.97. The van der Waals surface area contributed by atoms with Crippen molar-refractivity contribution >= 4 is 40.0 Å². The molecule has 0 aliphatic rings. The average molecular weight is 389 g/mol. The van der Waals surface area contributed by atoms with Gasteiger partial charge in [0.25, 0.3) is 0 Å². The molecule has 0 spiro atoms. The van der Waals surface area contributed by atoms with Crippen LogP contribution >= 0.6 is 23.2 Å². The van der Waals surface area contributed by atoms with Gasteiger partial charge in [-0.05, 0) is 47.4 Å². The number of fused-ring (bicyclic) bond motifs is 1. The van der Waals surface area contributed by atoms with E-state index in [0.29, 0.717) is 28.9 Å². The van der Waals surface area contributed by atoms with E-state index < -0.39 is 0 Å². The van der Waals surface area contributed by atoms with Gasteiger partial charge in [0.1, 0.15) is 0 Å². The predicted octanol–water partition coefficient (Wildman–Crippen LogP) is 5.77. The van der Waals surface area contributed by atoms with Crippen molar-refractivity contribution < 1.29 is 4.79 Å². The zero-order valence-electron chi connectivity index (χ0n) is 14.9. The first-order chi connectivity index (χ1) is 12.4. The lowest BCUT2D eigenvalue weighted by atomic mass is 9.88. The van der Waals surface area contributed by atoms with Crippen LogP contribution < -0.4 is 5.32 Å². The molecule has 1 aromatic heterocycles. The Morgan fingerprint density at radius 1 is 1.12 bits per heavy atom. The second-order valence-electron chi connectivity index (χ2n) is 6.94. The van der Waals surface area contributed by atoms with Gasteiger partial charge >= 0.3 is 0 Å². The highest BCUT2D eigenvalue weighted by Crippen LogP contribution is 2.35. The van der Waals surface area contributed by atoms with E-state index in [4.69, 9.17) is 23.2 Å². The molecule has 0 saturated carbocycles. The second-order valence-corrected chi connectivity index (χ2v) is 7.82. The van der Waals surface area contributed by atoms with Crippen LogP contribution in [0.2, 0.25) is 10.0 Å². The van der Waals surface area contributed by atoms with Crippen molar-refractivity contribution in [1.82, 2.24) is 10.3 Å². The van der Waals surface area contributed by atoms with E-state index in [1.807, 2.05) is 48.7 Å². The third-order valence-corrected chi connectivity index (χ3v) is 4.87. The summed E-state index contributed by atoms with van der Waals surface area (Å²) in [5.74, 6) is 0.337. The van der Waals surface area contributed by atoms with Crippen molar-refractivity contribution in [3.8, 4) is 0 Å². The molecule has 26 heavy (non-hydrogen) atoms. The summed E-state index contributed by atoms with van der Waals surface area (Å²) in [4.78, 5) is 15.8. The summed E-state index contributed by atoms with van der Waals surface area (Å²) in [6.07, 6.45) is 2.31. The Morgan fingerprint density at radius 2 is 1.88 bits per heavy atom. The quantitative estimate of drug-likeness (QED) is 0.552. The summed E-state index contributed by atoms with van der Waals surface area (Å²) in [5, 5.41) is 5.37. The minimum absolute atomic E-state index is 0.0278.